The largest absolute Gasteiger partial charge is 0.454 e. The third-order valence-corrected chi connectivity index (χ3v) is 2.67. The zero-order valence-electron chi connectivity index (χ0n) is 9.14. The molecular formula is C13H9BrN2O. The molecule has 0 bridgehead atoms. The molecule has 3 nitrogen and oxygen atoms in total. The van der Waals surface area contributed by atoms with Crippen LogP contribution in [0.4, 0.5) is 0 Å². The summed E-state index contributed by atoms with van der Waals surface area (Å²) in [6.07, 6.45) is 1.57. The summed E-state index contributed by atoms with van der Waals surface area (Å²) in [4.78, 5) is 3.99. The average Bonchev–Trinajstić information content (AvgIpc) is 2.32. The van der Waals surface area contributed by atoms with Crippen molar-refractivity contribution in [3.63, 3.8) is 0 Å². The third-order valence-electron chi connectivity index (χ3n) is 2.24. The lowest BCUT2D eigenvalue weighted by Crippen LogP contribution is -1.92. The smallest absolute Gasteiger partial charge is 0.183 e. The quantitative estimate of drug-likeness (QED) is 0.844. The van der Waals surface area contributed by atoms with Gasteiger partial charge in [-0.2, -0.15) is 5.26 Å². The lowest BCUT2D eigenvalue weighted by Gasteiger charge is -2.09. The zero-order valence-corrected chi connectivity index (χ0v) is 10.7. The zero-order chi connectivity index (χ0) is 12.3. The monoisotopic (exact) mass is 288 g/mol. The molecule has 0 fully saturated rings. The number of pyridine rings is 1. The first-order chi connectivity index (χ1) is 8.20. The number of rotatable bonds is 2. The summed E-state index contributed by atoms with van der Waals surface area (Å²) in [5.74, 6) is 1.18. The Kier molecular flexibility index (Phi) is 3.40. The van der Waals surface area contributed by atoms with Crippen molar-refractivity contribution >= 4 is 15.9 Å². The Bertz CT molecular complexity index is 590. The second kappa shape index (κ2) is 4.98. The van der Waals surface area contributed by atoms with Crippen LogP contribution in [0.1, 0.15) is 11.3 Å². The van der Waals surface area contributed by atoms with Crippen molar-refractivity contribution in [1.29, 1.82) is 5.26 Å². The minimum Gasteiger partial charge on any atom is -0.454 e. The van der Waals surface area contributed by atoms with Gasteiger partial charge < -0.3 is 4.74 Å². The SMILES string of the molecule is Cc1ccccc1Oc1cc(Br)cnc1C#N. The molecule has 0 aliphatic rings. The highest BCUT2D eigenvalue weighted by atomic mass is 79.9. The van der Waals surface area contributed by atoms with E-state index in [-0.39, 0.29) is 5.69 Å². The molecule has 1 heterocycles. The molecule has 0 spiro atoms. The van der Waals surface area contributed by atoms with Crippen LogP contribution in [0.25, 0.3) is 0 Å². The number of aryl methyl sites for hydroxylation is 1. The highest BCUT2D eigenvalue weighted by Gasteiger charge is 2.08. The van der Waals surface area contributed by atoms with Crippen LogP contribution in [0, 0.1) is 18.3 Å². The van der Waals surface area contributed by atoms with Crippen LogP contribution in [0.2, 0.25) is 0 Å². The van der Waals surface area contributed by atoms with Crippen molar-refractivity contribution in [2.45, 2.75) is 6.92 Å². The van der Waals surface area contributed by atoms with Gasteiger partial charge in [-0.15, -0.1) is 0 Å². The Morgan fingerprint density at radius 1 is 1.29 bits per heavy atom. The summed E-state index contributed by atoms with van der Waals surface area (Å²) in [6, 6.07) is 11.4. The number of nitriles is 1. The van der Waals surface area contributed by atoms with Crippen molar-refractivity contribution in [3.05, 3.63) is 52.3 Å². The summed E-state index contributed by atoms with van der Waals surface area (Å²) in [7, 11) is 0. The van der Waals surface area contributed by atoms with Crippen molar-refractivity contribution in [3.8, 4) is 17.6 Å². The number of ether oxygens (including phenoxy) is 1. The minimum atomic E-state index is 0.274. The van der Waals surface area contributed by atoms with Crippen molar-refractivity contribution < 1.29 is 4.74 Å². The van der Waals surface area contributed by atoms with E-state index in [0.29, 0.717) is 5.75 Å². The van der Waals surface area contributed by atoms with Gasteiger partial charge in [-0.05, 0) is 40.5 Å². The molecule has 4 heteroatoms. The third kappa shape index (κ3) is 2.63. The van der Waals surface area contributed by atoms with Crippen LogP contribution in [0.15, 0.2) is 41.0 Å². The summed E-state index contributed by atoms with van der Waals surface area (Å²) in [6.45, 7) is 1.95. The van der Waals surface area contributed by atoms with Gasteiger partial charge in [0.1, 0.15) is 11.8 Å². The number of hydrogen-bond acceptors (Lipinski definition) is 3. The molecule has 0 aliphatic carbocycles. The molecule has 1 aromatic carbocycles. The van der Waals surface area contributed by atoms with Crippen LogP contribution < -0.4 is 4.74 Å². The van der Waals surface area contributed by atoms with E-state index in [1.807, 2.05) is 37.3 Å². The lowest BCUT2D eigenvalue weighted by atomic mass is 10.2. The maximum absolute atomic E-state index is 8.95. The number of hydrogen-bond donors (Lipinski definition) is 0. The van der Waals surface area contributed by atoms with Gasteiger partial charge in [0.25, 0.3) is 0 Å². The normalized spacial score (nSPS) is 9.71. The van der Waals surface area contributed by atoms with Gasteiger partial charge in [-0.3, -0.25) is 0 Å². The van der Waals surface area contributed by atoms with Crippen LogP contribution >= 0.6 is 15.9 Å². The van der Waals surface area contributed by atoms with Crippen LogP contribution in [-0.4, -0.2) is 4.98 Å². The predicted molar refractivity (Wildman–Crippen MR) is 67.9 cm³/mol. The molecular weight excluding hydrogens is 280 g/mol. The lowest BCUT2D eigenvalue weighted by molar-refractivity contribution is 0.474. The molecule has 1 aromatic heterocycles. The fraction of sp³-hybridized carbons (Fsp3) is 0.0769. The maximum Gasteiger partial charge on any atom is 0.183 e. The first-order valence-electron chi connectivity index (χ1n) is 5.00. The van der Waals surface area contributed by atoms with Gasteiger partial charge in [0.2, 0.25) is 0 Å². The van der Waals surface area contributed by atoms with Gasteiger partial charge in [0.05, 0.1) is 0 Å². The van der Waals surface area contributed by atoms with Crippen LogP contribution in [0.3, 0.4) is 0 Å². The minimum absolute atomic E-state index is 0.274. The first-order valence-corrected chi connectivity index (χ1v) is 5.79. The summed E-state index contributed by atoms with van der Waals surface area (Å²) >= 11 is 3.31. The Morgan fingerprint density at radius 2 is 2.06 bits per heavy atom. The Labute approximate surface area is 108 Å². The number of para-hydroxylation sites is 1. The van der Waals surface area contributed by atoms with Gasteiger partial charge in [-0.1, -0.05) is 18.2 Å². The second-order valence-electron chi connectivity index (χ2n) is 3.48. The highest BCUT2D eigenvalue weighted by Crippen LogP contribution is 2.28. The number of aromatic nitrogens is 1. The molecule has 0 saturated heterocycles. The van der Waals surface area contributed by atoms with E-state index in [0.717, 1.165) is 15.8 Å². The molecule has 0 amide bonds. The molecule has 0 aliphatic heterocycles. The molecule has 0 saturated carbocycles. The molecule has 2 aromatic rings. The molecule has 84 valence electrons. The van der Waals surface area contributed by atoms with E-state index in [4.69, 9.17) is 10.00 Å². The Balaban J connectivity index is 2.40. The number of nitrogens with zero attached hydrogens (tertiary/aromatic N) is 2. The van der Waals surface area contributed by atoms with E-state index in [9.17, 15) is 0 Å². The fourth-order valence-corrected chi connectivity index (χ4v) is 1.68. The van der Waals surface area contributed by atoms with Gasteiger partial charge >= 0.3 is 0 Å². The first kappa shape index (κ1) is 11.6. The molecule has 17 heavy (non-hydrogen) atoms. The molecule has 0 atom stereocenters. The standard InChI is InChI=1S/C13H9BrN2O/c1-9-4-2-3-5-12(9)17-13-6-10(14)8-16-11(13)7-15/h2-6,8H,1H3. The van der Waals surface area contributed by atoms with E-state index in [2.05, 4.69) is 20.9 Å². The molecule has 0 radical (unpaired) electrons. The second-order valence-corrected chi connectivity index (χ2v) is 4.40. The topological polar surface area (TPSA) is 45.9 Å². The number of benzene rings is 1. The summed E-state index contributed by atoms with van der Waals surface area (Å²) in [5.41, 5.74) is 1.29. The Hall–Kier alpha value is -1.86. The van der Waals surface area contributed by atoms with Crippen molar-refractivity contribution in [1.82, 2.24) is 4.98 Å². The van der Waals surface area contributed by atoms with E-state index in [1.54, 1.807) is 12.3 Å². The van der Waals surface area contributed by atoms with Crippen LogP contribution in [0.5, 0.6) is 11.5 Å². The van der Waals surface area contributed by atoms with Gasteiger partial charge in [-0.25, -0.2) is 4.98 Å². The number of halogens is 1. The van der Waals surface area contributed by atoms with Crippen LogP contribution in [-0.2, 0) is 0 Å². The highest BCUT2D eigenvalue weighted by molar-refractivity contribution is 9.10. The van der Waals surface area contributed by atoms with Gasteiger partial charge in [0, 0.05) is 10.7 Å². The van der Waals surface area contributed by atoms with E-state index < -0.39 is 0 Å². The average molecular weight is 289 g/mol. The summed E-state index contributed by atoms with van der Waals surface area (Å²) < 4.78 is 6.47. The Morgan fingerprint density at radius 3 is 2.76 bits per heavy atom. The fourth-order valence-electron chi connectivity index (χ4n) is 1.37. The summed E-state index contributed by atoms with van der Waals surface area (Å²) in [5, 5.41) is 8.95. The molecule has 2 rings (SSSR count). The van der Waals surface area contributed by atoms with E-state index >= 15 is 0 Å². The van der Waals surface area contributed by atoms with Crippen molar-refractivity contribution in [2.75, 3.05) is 0 Å². The van der Waals surface area contributed by atoms with Gasteiger partial charge in [0.15, 0.2) is 11.4 Å². The van der Waals surface area contributed by atoms with Crippen molar-refractivity contribution in [2.24, 2.45) is 0 Å². The molecule has 0 N–H and O–H groups in total. The maximum atomic E-state index is 8.95. The van der Waals surface area contributed by atoms with E-state index in [1.165, 1.54) is 0 Å². The molecule has 0 unspecified atom stereocenters. The predicted octanol–water partition coefficient (Wildman–Crippen LogP) is 3.82.